The molecule has 1 N–H and O–H groups in total. The van der Waals surface area contributed by atoms with Gasteiger partial charge in [-0.15, -0.1) is 0 Å². The fourth-order valence-corrected chi connectivity index (χ4v) is 3.88. The molecular formula is C21H21N5O. The third-order valence-electron chi connectivity index (χ3n) is 5.29. The number of nitrogens with one attached hydrogen (secondary N) is 1. The van der Waals surface area contributed by atoms with E-state index in [0.29, 0.717) is 23.7 Å². The molecule has 2 aromatic heterocycles. The van der Waals surface area contributed by atoms with Crippen LogP contribution in [0.25, 0.3) is 21.9 Å². The van der Waals surface area contributed by atoms with E-state index in [1.807, 2.05) is 16.7 Å². The van der Waals surface area contributed by atoms with E-state index in [2.05, 4.69) is 50.2 Å². The smallest absolute Gasteiger partial charge is 0.278 e. The van der Waals surface area contributed by atoms with Gasteiger partial charge in [-0.3, -0.25) is 9.78 Å². The summed E-state index contributed by atoms with van der Waals surface area (Å²) in [5, 5.41) is 2.40. The highest BCUT2D eigenvalue weighted by molar-refractivity contribution is 5.83. The van der Waals surface area contributed by atoms with Crippen molar-refractivity contribution in [3.8, 4) is 0 Å². The second kappa shape index (κ2) is 6.54. The number of imidazole rings is 1. The average molecular weight is 359 g/mol. The first-order chi connectivity index (χ1) is 13.3. The first-order valence-corrected chi connectivity index (χ1v) is 9.46. The normalized spacial score (nSPS) is 14.9. The third-order valence-corrected chi connectivity index (χ3v) is 5.29. The molecular weight excluding hydrogens is 338 g/mol. The van der Waals surface area contributed by atoms with Gasteiger partial charge >= 0.3 is 0 Å². The lowest BCUT2D eigenvalue weighted by atomic mass is 10.1. The van der Waals surface area contributed by atoms with Gasteiger partial charge in [0, 0.05) is 19.6 Å². The molecule has 1 aliphatic rings. The lowest BCUT2D eigenvalue weighted by Gasteiger charge is -2.26. The molecule has 136 valence electrons. The molecule has 4 aromatic rings. The van der Waals surface area contributed by atoms with E-state index < -0.39 is 0 Å². The van der Waals surface area contributed by atoms with Crippen molar-refractivity contribution in [1.82, 2.24) is 19.5 Å². The van der Waals surface area contributed by atoms with Crippen LogP contribution in [0.2, 0.25) is 0 Å². The van der Waals surface area contributed by atoms with Crippen LogP contribution in [0.1, 0.15) is 24.8 Å². The Morgan fingerprint density at radius 1 is 1.00 bits per heavy atom. The van der Waals surface area contributed by atoms with Gasteiger partial charge in [0.05, 0.1) is 6.33 Å². The number of aromatic amines is 1. The Kier molecular flexibility index (Phi) is 3.89. The summed E-state index contributed by atoms with van der Waals surface area (Å²) in [4.78, 5) is 26.9. The molecule has 1 saturated heterocycles. The number of anilines is 1. The van der Waals surface area contributed by atoms with Crippen LogP contribution in [-0.4, -0.2) is 32.6 Å². The SMILES string of the molecule is O=c1[nH]c(N2CCCCC2)nc2ncn(Cc3ccc4ccccc4c3)c12. The highest BCUT2D eigenvalue weighted by Crippen LogP contribution is 2.19. The molecule has 3 heterocycles. The predicted octanol–water partition coefficient (Wildman–Crippen LogP) is 3.31. The van der Waals surface area contributed by atoms with E-state index >= 15 is 0 Å². The predicted molar refractivity (Wildman–Crippen MR) is 107 cm³/mol. The number of hydrogen-bond acceptors (Lipinski definition) is 4. The summed E-state index contributed by atoms with van der Waals surface area (Å²) < 4.78 is 1.88. The number of nitrogens with zero attached hydrogens (tertiary/aromatic N) is 4. The second-order valence-electron chi connectivity index (χ2n) is 7.16. The van der Waals surface area contributed by atoms with Gasteiger partial charge < -0.3 is 9.47 Å². The van der Waals surface area contributed by atoms with Gasteiger partial charge in [0.2, 0.25) is 5.95 Å². The van der Waals surface area contributed by atoms with Crippen molar-refractivity contribution in [3.63, 3.8) is 0 Å². The molecule has 0 aliphatic carbocycles. The summed E-state index contributed by atoms with van der Waals surface area (Å²) in [6.07, 6.45) is 5.22. The Morgan fingerprint density at radius 3 is 2.67 bits per heavy atom. The zero-order chi connectivity index (χ0) is 18.2. The molecule has 0 saturated carbocycles. The molecule has 0 radical (unpaired) electrons. The molecule has 2 aromatic carbocycles. The molecule has 0 bridgehead atoms. The monoisotopic (exact) mass is 359 g/mol. The Morgan fingerprint density at radius 2 is 1.81 bits per heavy atom. The summed E-state index contributed by atoms with van der Waals surface area (Å²) in [5.74, 6) is 0.642. The Balaban J connectivity index is 1.50. The zero-order valence-electron chi connectivity index (χ0n) is 15.1. The fraction of sp³-hybridized carbons (Fsp3) is 0.286. The Hall–Kier alpha value is -3.15. The van der Waals surface area contributed by atoms with Crippen molar-refractivity contribution in [2.45, 2.75) is 25.8 Å². The second-order valence-corrected chi connectivity index (χ2v) is 7.16. The first-order valence-electron chi connectivity index (χ1n) is 9.46. The lowest BCUT2D eigenvalue weighted by molar-refractivity contribution is 0.568. The number of fused-ring (bicyclic) bond motifs is 2. The average Bonchev–Trinajstić information content (AvgIpc) is 3.12. The molecule has 0 atom stereocenters. The number of aromatic nitrogens is 4. The molecule has 6 heteroatoms. The standard InChI is InChI=1S/C21H21N5O/c27-20-18-19(23-21(24-20)25-10-4-1-5-11-25)22-14-26(18)13-15-8-9-16-6-2-3-7-17(16)12-15/h2-3,6-9,12,14H,1,4-5,10-11,13H2,(H,23,24,27). The van der Waals surface area contributed by atoms with E-state index in [0.717, 1.165) is 31.5 Å². The van der Waals surface area contributed by atoms with Crippen LogP contribution >= 0.6 is 0 Å². The summed E-state index contributed by atoms with van der Waals surface area (Å²) in [6.45, 7) is 2.47. The van der Waals surface area contributed by atoms with Gasteiger partial charge in [-0.05, 0) is 41.7 Å². The number of hydrogen-bond donors (Lipinski definition) is 1. The number of H-pyrrole nitrogens is 1. The van der Waals surface area contributed by atoms with Crippen molar-refractivity contribution in [1.29, 1.82) is 0 Å². The fourth-order valence-electron chi connectivity index (χ4n) is 3.88. The molecule has 0 amide bonds. The van der Waals surface area contributed by atoms with Crippen LogP contribution in [0.4, 0.5) is 5.95 Å². The van der Waals surface area contributed by atoms with Gasteiger partial charge in [-0.1, -0.05) is 36.4 Å². The van der Waals surface area contributed by atoms with Crippen molar-refractivity contribution >= 4 is 27.9 Å². The van der Waals surface area contributed by atoms with Crippen LogP contribution < -0.4 is 10.5 Å². The minimum atomic E-state index is -0.126. The highest BCUT2D eigenvalue weighted by atomic mass is 16.1. The molecule has 5 rings (SSSR count). The molecule has 1 aliphatic heterocycles. The molecule has 27 heavy (non-hydrogen) atoms. The number of benzene rings is 2. The lowest BCUT2D eigenvalue weighted by Crippen LogP contribution is -2.32. The van der Waals surface area contributed by atoms with Crippen LogP contribution in [0.3, 0.4) is 0 Å². The van der Waals surface area contributed by atoms with E-state index in [9.17, 15) is 4.79 Å². The highest BCUT2D eigenvalue weighted by Gasteiger charge is 2.17. The molecule has 0 unspecified atom stereocenters. The van der Waals surface area contributed by atoms with E-state index in [1.165, 1.54) is 17.2 Å². The van der Waals surface area contributed by atoms with E-state index in [1.54, 1.807) is 6.33 Å². The minimum Gasteiger partial charge on any atom is -0.342 e. The van der Waals surface area contributed by atoms with Crippen molar-refractivity contribution in [2.24, 2.45) is 0 Å². The number of piperidine rings is 1. The van der Waals surface area contributed by atoms with Crippen LogP contribution in [0.15, 0.2) is 53.6 Å². The maximum absolute atomic E-state index is 12.7. The third kappa shape index (κ3) is 2.97. The maximum atomic E-state index is 12.7. The quantitative estimate of drug-likeness (QED) is 0.609. The molecule has 1 fully saturated rings. The Labute approximate surface area is 156 Å². The van der Waals surface area contributed by atoms with Crippen LogP contribution in [-0.2, 0) is 6.54 Å². The first kappa shape index (κ1) is 16.1. The minimum absolute atomic E-state index is 0.126. The van der Waals surface area contributed by atoms with Gasteiger partial charge in [0.15, 0.2) is 11.2 Å². The summed E-state index contributed by atoms with van der Waals surface area (Å²) in [7, 11) is 0. The van der Waals surface area contributed by atoms with E-state index in [-0.39, 0.29) is 5.56 Å². The molecule has 0 spiro atoms. The van der Waals surface area contributed by atoms with E-state index in [4.69, 9.17) is 0 Å². The van der Waals surface area contributed by atoms with Crippen LogP contribution in [0, 0.1) is 0 Å². The van der Waals surface area contributed by atoms with Gasteiger partial charge in [-0.25, -0.2) is 4.98 Å². The van der Waals surface area contributed by atoms with Gasteiger partial charge in [0.1, 0.15) is 0 Å². The maximum Gasteiger partial charge on any atom is 0.278 e. The van der Waals surface area contributed by atoms with Gasteiger partial charge in [-0.2, -0.15) is 4.98 Å². The van der Waals surface area contributed by atoms with Crippen LogP contribution in [0.5, 0.6) is 0 Å². The Bertz CT molecular complexity index is 1170. The largest absolute Gasteiger partial charge is 0.342 e. The zero-order valence-corrected chi connectivity index (χ0v) is 15.1. The number of rotatable bonds is 3. The summed E-state index contributed by atoms with van der Waals surface area (Å²) in [5.41, 5.74) is 2.05. The topological polar surface area (TPSA) is 66.8 Å². The summed E-state index contributed by atoms with van der Waals surface area (Å²) in [6, 6.07) is 14.6. The van der Waals surface area contributed by atoms with Crippen molar-refractivity contribution < 1.29 is 0 Å². The van der Waals surface area contributed by atoms with Gasteiger partial charge in [0.25, 0.3) is 5.56 Å². The summed E-state index contributed by atoms with van der Waals surface area (Å²) >= 11 is 0. The van der Waals surface area contributed by atoms with Crippen molar-refractivity contribution in [2.75, 3.05) is 18.0 Å². The molecule has 6 nitrogen and oxygen atoms in total. The van der Waals surface area contributed by atoms with Crippen molar-refractivity contribution in [3.05, 3.63) is 64.7 Å².